The van der Waals surface area contributed by atoms with Gasteiger partial charge in [0.25, 0.3) is 5.56 Å². The van der Waals surface area contributed by atoms with E-state index in [2.05, 4.69) is 0 Å². The fraction of sp³-hybridized carbons (Fsp3) is 0.500. The fourth-order valence-electron chi connectivity index (χ4n) is 2.21. The summed E-state index contributed by atoms with van der Waals surface area (Å²) in [6.45, 7) is 1.53. The van der Waals surface area contributed by atoms with Crippen LogP contribution in [0.25, 0.3) is 0 Å². The van der Waals surface area contributed by atoms with Crippen LogP contribution in [-0.2, 0) is 7.05 Å². The summed E-state index contributed by atoms with van der Waals surface area (Å²) in [6, 6.07) is 1.49. The minimum absolute atomic E-state index is 0.106. The number of carbonyl (C=O) groups is 1. The Balaban J connectivity index is 2.52. The van der Waals surface area contributed by atoms with Gasteiger partial charge in [-0.1, -0.05) is 0 Å². The molecule has 2 rings (SSSR count). The summed E-state index contributed by atoms with van der Waals surface area (Å²) >= 11 is 0. The van der Waals surface area contributed by atoms with Gasteiger partial charge >= 0.3 is 5.97 Å². The fourth-order valence-corrected chi connectivity index (χ4v) is 2.21. The summed E-state index contributed by atoms with van der Waals surface area (Å²) in [4.78, 5) is 25.1. The van der Waals surface area contributed by atoms with Crippen molar-refractivity contribution in [1.29, 1.82) is 0 Å². The number of hydrogen-bond donors (Lipinski definition) is 1. The number of piperidine rings is 1. The van der Waals surface area contributed by atoms with Crippen LogP contribution in [0.5, 0.6) is 0 Å². The monoisotopic (exact) mass is 236 g/mol. The van der Waals surface area contributed by atoms with Gasteiger partial charge in [0.15, 0.2) is 0 Å². The molecule has 1 N–H and O–H groups in total. The van der Waals surface area contributed by atoms with E-state index in [1.807, 2.05) is 4.90 Å². The second-order valence-corrected chi connectivity index (χ2v) is 4.35. The van der Waals surface area contributed by atoms with E-state index in [0.29, 0.717) is 5.69 Å². The first-order chi connectivity index (χ1) is 8.11. The molecule has 0 aliphatic carbocycles. The first kappa shape index (κ1) is 11.7. The van der Waals surface area contributed by atoms with E-state index in [1.165, 1.54) is 16.8 Å². The van der Waals surface area contributed by atoms with Gasteiger partial charge in [0.05, 0.1) is 5.56 Å². The molecule has 0 radical (unpaired) electrons. The van der Waals surface area contributed by atoms with E-state index < -0.39 is 5.97 Å². The van der Waals surface area contributed by atoms with Crippen molar-refractivity contribution < 1.29 is 9.90 Å². The van der Waals surface area contributed by atoms with Gasteiger partial charge in [0.2, 0.25) is 0 Å². The van der Waals surface area contributed by atoms with Crippen LogP contribution < -0.4 is 10.5 Å². The molecular weight excluding hydrogens is 220 g/mol. The topological polar surface area (TPSA) is 62.5 Å². The van der Waals surface area contributed by atoms with E-state index in [1.54, 1.807) is 7.05 Å². The van der Waals surface area contributed by atoms with E-state index >= 15 is 0 Å². The van der Waals surface area contributed by atoms with E-state index in [4.69, 9.17) is 5.11 Å². The van der Waals surface area contributed by atoms with Crippen LogP contribution >= 0.6 is 0 Å². The summed E-state index contributed by atoms with van der Waals surface area (Å²) in [5.74, 6) is -1.04. The molecule has 17 heavy (non-hydrogen) atoms. The van der Waals surface area contributed by atoms with Gasteiger partial charge in [-0.2, -0.15) is 0 Å². The molecule has 0 saturated carbocycles. The molecule has 5 nitrogen and oxygen atoms in total. The maximum atomic E-state index is 12.1. The maximum Gasteiger partial charge on any atom is 0.338 e. The van der Waals surface area contributed by atoms with Gasteiger partial charge in [0.1, 0.15) is 5.69 Å². The van der Waals surface area contributed by atoms with Gasteiger partial charge in [-0.05, 0) is 25.3 Å². The van der Waals surface area contributed by atoms with Gasteiger partial charge in [-0.15, -0.1) is 0 Å². The zero-order valence-corrected chi connectivity index (χ0v) is 9.85. The smallest absolute Gasteiger partial charge is 0.338 e. The summed E-state index contributed by atoms with van der Waals surface area (Å²) in [5, 5.41) is 9.14. The summed E-state index contributed by atoms with van der Waals surface area (Å²) < 4.78 is 1.43. The van der Waals surface area contributed by atoms with Gasteiger partial charge in [-0.25, -0.2) is 4.79 Å². The van der Waals surface area contributed by atoms with Crippen LogP contribution in [0.3, 0.4) is 0 Å². The molecule has 1 aliphatic heterocycles. The zero-order valence-electron chi connectivity index (χ0n) is 9.85. The highest BCUT2D eigenvalue weighted by atomic mass is 16.4. The molecule has 0 amide bonds. The summed E-state index contributed by atoms with van der Waals surface area (Å²) in [6.07, 6.45) is 4.67. The molecule has 92 valence electrons. The molecule has 0 aromatic carbocycles. The maximum absolute atomic E-state index is 12.1. The quantitative estimate of drug-likeness (QED) is 0.834. The third-order valence-corrected chi connectivity index (χ3v) is 3.15. The SMILES string of the molecule is Cn1ccc(C(=O)O)c(N2CCCCC2)c1=O. The minimum atomic E-state index is -1.04. The van der Waals surface area contributed by atoms with Gasteiger partial charge < -0.3 is 14.6 Å². The van der Waals surface area contributed by atoms with Crippen molar-refractivity contribution in [2.45, 2.75) is 19.3 Å². The predicted octanol–water partition coefficient (Wildman–Crippen LogP) is 1.07. The molecule has 2 heterocycles. The Bertz CT molecular complexity index is 487. The predicted molar refractivity (Wildman–Crippen MR) is 64.7 cm³/mol. The molecule has 1 saturated heterocycles. The van der Waals surface area contributed by atoms with Crippen molar-refractivity contribution in [3.05, 3.63) is 28.2 Å². The number of aryl methyl sites for hydroxylation is 1. The lowest BCUT2D eigenvalue weighted by atomic mass is 10.1. The molecule has 0 spiro atoms. The van der Waals surface area contributed by atoms with Crippen molar-refractivity contribution >= 4 is 11.7 Å². The molecule has 1 aromatic heterocycles. The number of rotatable bonds is 2. The zero-order chi connectivity index (χ0) is 12.4. The van der Waals surface area contributed by atoms with Gasteiger partial charge in [-0.3, -0.25) is 4.79 Å². The van der Waals surface area contributed by atoms with Crippen LogP contribution in [0, 0.1) is 0 Å². The number of pyridine rings is 1. The Hall–Kier alpha value is -1.78. The van der Waals surface area contributed by atoms with Crippen molar-refractivity contribution in [2.75, 3.05) is 18.0 Å². The molecule has 5 heteroatoms. The average molecular weight is 236 g/mol. The highest BCUT2D eigenvalue weighted by molar-refractivity contribution is 5.94. The molecule has 0 bridgehead atoms. The van der Waals surface area contributed by atoms with E-state index in [-0.39, 0.29) is 11.1 Å². The summed E-state index contributed by atoms with van der Waals surface area (Å²) in [5.41, 5.74) is 0.212. The highest BCUT2D eigenvalue weighted by Gasteiger charge is 2.21. The van der Waals surface area contributed by atoms with Crippen LogP contribution in [0.1, 0.15) is 29.6 Å². The first-order valence-electron chi connectivity index (χ1n) is 5.79. The minimum Gasteiger partial charge on any atom is -0.478 e. The average Bonchev–Trinajstić information content (AvgIpc) is 2.33. The largest absolute Gasteiger partial charge is 0.478 e. The lowest BCUT2D eigenvalue weighted by Crippen LogP contribution is -2.37. The second kappa shape index (κ2) is 4.61. The van der Waals surface area contributed by atoms with E-state index in [0.717, 1.165) is 32.4 Å². The van der Waals surface area contributed by atoms with Crippen LogP contribution in [0.4, 0.5) is 5.69 Å². The highest BCUT2D eigenvalue weighted by Crippen LogP contribution is 2.20. The van der Waals surface area contributed by atoms with Gasteiger partial charge in [0, 0.05) is 26.3 Å². The molecular formula is C12H16N2O3. The molecule has 1 aliphatic rings. The third-order valence-electron chi connectivity index (χ3n) is 3.15. The number of nitrogens with zero attached hydrogens (tertiary/aromatic N) is 2. The Morgan fingerprint density at radius 3 is 2.53 bits per heavy atom. The van der Waals surface area contributed by atoms with E-state index in [9.17, 15) is 9.59 Å². The third kappa shape index (κ3) is 2.18. The van der Waals surface area contributed by atoms with Crippen molar-refractivity contribution in [3.63, 3.8) is 0 Å². The second-order valence-electron chi connectivity index (χ2n) is 4.35. The van der Waals surface area contributed by atoms with Crippen LogP contribution in [0.15, 0.2) is 17.1 Å². The number of carboxylic acids is 1. The Kier molecular flexibility index (Phi) is 3.17. The van der Waals surface area contributed by atoms with Crippen LogP contribution in [-0.4, -0.2) is 28.7 Å². The Labute approximate surface area is 99.3 Å². The van der Waals surface area contributed by atoms with Crippen LogP contribution in [0.2, 0.25) is 0 Å². The normalized spacial score (nSPS) is 15.9. The lowest BCUT2D eigenvalue weighted by molar-refractivity contribution is 0.0697. The lowest BCUT2D eigenvalue weighted by Gasteiger charge is -2.29. The Morgan fingerprint density at radius 2 is 1.94 bits per heavy atom. The molecule has 0 unspecified atom stereocenters. The first-order valence-corrected chi connectivity index (χ1v) is 5.79. The van der Waals surface area contributed by atoms with Crippen molar-refractivity contribution in [3.8, 4) is 0 Å². The van der Waals surface area contributed by atoms with Crippen molar-refractivity contribution in [1.82, 2.24) is 4.57 Å². The molecule has 0 atom stereocenters. The number of hydrogen-bond acceptors (Lipinski definition) is 3. The Morgan fingerprint density at radius 1 is 1.29 bits per heavy atom. The van der Waals surface area contributed by atoms with Crippen molar-refractivity contribution in [2.24, 2.45) is 7.05 Å². The number of carboxylic acid groups (broad SMARTS) is 1. The number of anilines is 1. The number of aromatic carboxylic acids is 1. The molecule has 1 fully saturated rings. The molecule has 1 aromatic rings. The number of aromatic nitrogens is 1. The standard InChI is InChI=1S/C12H16N2O3/c1-13-8-5-9(12(16)17)10(11(13)15)14-6-3-2-4-7-14/h5,8H,2-4,6-7H2,1H3,(H,16,17). The summed E-state index contributed by atoms with van der Waals surface area (Å²) in [7, 11) is 1.64.